The van der Waals surface area contributed by atoms with Crippen LogP contribution in [0.5, 0.6) is 0 Å². The van der Waals surface area contributed by atoms with E-state index < -0.39 is 0 Å². The van der Waals surface area contributed by atoms with Gasteiger partial charge in [0.2, 0.25) is 5.91 Å². The third kappa shape index (κ3) is 6.07. The molecule has 35 heavy (non-hydrogen) atoms. The van der Waals surface area contributed by atoms with Gasteiger partial charge in [0.15, 0.2) is 0 Å². The summed E-state index contributed by atoms with van der Waals surface area (Å²) in [6, 6.07) is 26.2. The normalized spacial score (nSPS) is 12.7. The Labute approximate surface area is 207 Å². The van der Waals surface area contributed by atoms with Crippen LogP contribution in [-0.2, 0) is 22.7 Å². The molecule has 3 aromatic carbocycles. The lowest BCUT2D eigenvalue weighted by Crippen LogP contribution is -2.48. The van der Waals surface area contributed by atoms with Crippen LogP contribution in [0.3, 0.4) is 0 Å². The molecule has 0 unspecified atom stereocenters. The Bertz CT molecular complexity index is 1130. The number of rotatable bonds is 10. The van der Waals surface area contributed by atoms with E-state index in [-0.39, 0.29) is 24.9 Å². The monoisotopic (exact) mass is 471 g/mol. The lowest BCUT2D eigenvalue weighted by atomic mass is 10.0. The van der Waals surface area contributed by atoms with Crippen LogP contribution in [0, 0.1) is 0 Å². The number of anilines is 1. The number of benzene rings is 3. The molecule has 0 aromatic heterocycles. The zero-order valence-electron chi connectivity index (χ0n) is 20.4. The van der Waals surface area contributed by atoms with Gasteiger partial charge in [0.25, 0.3) is 5.91 Å². The van der Waals surface area contributed by atoms with Gasteiger partial charge in [0.05, 0.1) is 13.1 Å². The summed E-state index contributed by atoms with van der Waals surface area (Å²) in [6.45, 7) is 2.79. The Balaban J connectivity index is 1.55. The number of fused-ring (bicyclic) bond motifs is 1. The van der Waals surface area contributed by atoms with Crippen LogP contribution >= 0.6 is 0 Å². The molecule has 7 nitrogen and oxygen atoms in total. The lowest BCUT2D eigenvalue weighted by Gasteiger charge is -2.32. The van der Waals surface area contributed by atoms with Crippen LogP contribution < -0.4 is 15.5 Å². The van der Waals surface area contributed by atoms with Crippen molar-refractivity contribution in [3.8, 4) is 11.1 Å². The summed E-state index contributed by atoms with van der Waals surface area (Å²) in [5, 5.41) is 9.70. The number of nitrogens with zero attached hydrogens (tertiary/aromatic N) is 3. The average Bonchev–Trinajstić information content (AvgIpc) is 3.33. The molecule has 1 aliphatic heterocycles. The molecule has 1 heterocycles. The van der Waals surface area contributed by atoms with Crippen molar-refractivity contribution in [1.29, 1.82) is 0 Å². The molecule has 0 radical (unpaired) electrons. The molecule has 7 heteroatoms. The number of carbonyl (C=O) groups excluding carboxylic acids is 2. The first-order valence-corrected chi connectivity index (χ1v) is 12.0. The quantitative estimate of drug-likeness (QED) is 0.445. The fraction of sp³-hybridized carbons (Fsp3) is 0.286. The van der Waals surface area contributed by atoms with Gasteiger partial charge in [-0.15, -0.1) is 0 Å². The number of carbonyl (C=O) groups is 2. The third-order valence-electron chi connectivity index (χ3n) is 6.30. The molecule has 1 aliphatic rings. The highest BCUT2D eigenvalue weighted by molar-refractivity contribution is 5.89. The Hall–Kier alpha value is -3.68. The Kier molecular flexibility index (Phi) is 8.13. The molecule has 0 bridgehead atoms. The molecule has 0 aliphatic carbocycles. The number of hydrogen-bond donors (Lipinski definition) is 2. The van der Waals surface area contributed by atoms with Gasteiger partial charge in [-0.2, -0.15) is 0 Å². The number of hydrazine groups is 1. The van der Waals surface area contributed by atoms with Crippen LogP contribution in [-0.4, -0.2) is 62.1 Å². The molecule has 2 amide bonds. The molecular weight excluding hydrogens is 438 g/mol. The first kappa shape index (κ1) is 24.4. The minimum Gasteiger partial charge on any atom is -0.353 e. The van der Waals surface area contributed by atoms with Crippen LogP contribution in [0.2, 0.25) is 0 Å². The maximum atomic E-state index is 13.5. The van der Waals surface area contributed by atoms with Crippen molar-refractivity contribution < 1.29 is 9.59 Å². The van der Waals surface area contributed by atoms with Crippen LogP contribution in [0.25, 0.3) is 11.1 Å². The molecule has 0 saturated carbocycles. The number of amides is 2. The second-order valence-electron chi connectivity index (χ2n) is 8.70. The summed E-state index contributed by atoms with van der Waals surface area (Å²) >= 11 is 0. The van der Waals surface area contributed by atoms with Crippen molar-refractivity contribution in [2.45, 2.75) is 13.1 Å². The van der Waals surface area contributed by atoms with Gasteiger partial charge in [0.1, 0.15) is 0 Å². The summed E-state index contributed by atoms with van der Waals surface area (Å²) in [5.74, 6) is -0.184. The molecule has 182 valence electrons. The highest BCUT2D eigenvalue weighted by atomic mass is 16.2. The van der Waals surface area contributed by atoms with Crippen molar-refractivity contribution in [3.63, 3.8) is 0 Å². The van der Waals surface area contributed by atoms with Crippen molar-refractivity contribution in [3.05, 3.63) is 90.0 Å². The Morgan fingerprint density at radius 1 is 0.829 bits per heavy atom. The van der Waals surface area contributed by atoms with Crippen molar-refractivity contribution in [2.75, 3.05) is 45.2 Å². The summed E-state index contributed by atoms with van der Waals surface area (Å²) in [5.41, 5.74) is 5.36. The fourth-order valence-corrected chi connectivity index (χ4v) is 4.34. The second-order valence-corrected chi connectivity index (χ2v) is 8.70. The zero-order valence-corrected chi connectivity index (χ0v) is 20.4. The number of nitrogens with one attached hydrogen (secondary N) is 2. The van der Waals surface area contributed by atoms with Gasteiger partial charge in [-0.25, -0.2) is 5.01 Å². The van der Waals surface area contributed by atoms with Gasteiger partial charge in [-0.05, 0) is 29.8 Å². The maximum Gasteiger partial charge on any atom is 0.256 e. The van der Waals surface area contributed by atoms with E-state index >= 15 is 0 Å². The molecule has 0 spiro atoms. The highest BCUT2D eigenvalue weighted by Crippen LogP contribution is 2.31. The third-order valence-corrected chi connectivity index (χ3v) is 6.30. The minimum absolute atomic E-state index is 0.0660. The van der Waals surface area contributed by atoms with Gasteiger partial charge >= 0.3 is 0 Å². The van der Waals surface area contributed by atoms with E-state index in [0.29, 0.717) is 26.2 Å². The predicted octanol–water partition coefficient (Wildman–Crippen LogP) is 2.88. The van der Waals surface area contributed by atoms with E-state index in [1.54, 1.807) is 5.01 Å². The predicted molar refractivity (Wildman–Crippen MR) is 139 cm³/mol. The smallest absolute Gasteiger partial charge is 0.256 e. The second kappa shape index (κ2) is 11.6. The van der Waals surface area contributed by atoms with Crippen molar-refractivity contribution >= 4 is 17.5 Å². The van der Waals surface area contributed by atoms with E-state index in [2.05, 4.69) is 22.8 Å². The standard InChI is InChI=1S/C28H33N5O2/c1-29-16-17-30-27(34)20-32(26-15-9-8-14-25(26)22-10-4-3-5-11-22)21-28(35)31(2)33-18-23-12-6-7-13-24(23)19-33/h3-15,29H,16-21H2,1-2H3,(H,30,34). The average molecular weight is 472 g/mol. The molecule has 3 aromatic rings. The molecule has 2 N–H and O–H groups in total. The SMILES string of the molecule is CNCCNC(=O)CN(CC(=O)N(C)N1Cc2ccccc2C1)c1ccccc1-c1ccccc1. The van der Waals surface area contributed by atoms with Gasteiger partial charge in [-0.1, -0.05) is 72.8 Å². The number of hydrogen-bond acceptors (Lipinski definition) is 5. The van der Waals surface area contributed by atoms with E-state index in [0.717, 1.165) is 16.8 Å². The summed E-state index contributed by atoms with van der Waals surface area (Å²) in [6.07, 6.45) is 0. The largest absolute Gasteiger partial charge is 0.353 e. The van der Waals surface area contributed by atoms with E-state index in [1.807, 2.05) is 90.7 Å². The summed E-state index contributed by atoms with van der Waals surface area (Å²) in [4.78, 5) is 28.1. The molecular formula is C28H33N5O2. The summed E-state index contributed by atoms with van der Waals surface area (Å²) < 4.78 is 0. The lowest BCUT2D eigenvalue weighted by molar-refractivity contribution is -0.145. The Morgan fingerprint density at radius 3 is 2.14 bits per heavy atom. The zero-order chi connectivity index (χ0) is 24.6. The van der Waals surface area contributed by atoms with E-state index in [4.69, 9.17) is 0 Å². The van der Waals surface area contributed by atoms with E-state index in [1.165, 1.54) is 11.1 Å². The minimum atomic E-state index is -0.118. The first-order valence-electron chi connectivity index (χ1n) is 12.0. The summed E-state index contributed by atoms with van der Waals surface area (Å²) in [7, 11) is 3.65. The molecule has 0 fully saturated rings. The molecule has 4 rings (SSSR count). The molecule has 0 saturated heterocycles. The maximum absolute atomic E-state index is 13.5. The van der Waals surface area contributed by atoms with Crippen LogP contribution in [0.15, 0.2) is 78.9 Å². The van der Waals surface area contributed by atoms with E-state index in [9.17, 15) is 9.59 Å². The van der Waals surface area contributed by atoms with Crippen molar-refractivity contribution in [2.24, 2.45) is 0 Å². The Morgan fingerprint density at radius 2 is 1.46 bits per heavy atom. The number of para-hydroxylation sites is 1. The first-order chi connectivity index (χ1) is 17.1. The number of likely N-dealkylation sites (N-methyl/N-ethyl adjacent to an activating group) is 2. The fourth-order valence-electron chi connectivity index (χ4n) is 4.34. The van der Waals surface area contributed by atoms with Gasteiger partial charge < -0.3 is 15.5 Å². The molecule has 0 atom stereocenters. The van der Waals surface area contributed by atoms with Gasteiger partial charge in [-0.3, -0.25) is 14.6 Å². The van der Waals surface area contributed by atoms with Gasteiger partial charge in [0, 0.05) is 44.5 Å². The topological polar surface area (TPSA) is 67.9 Å². The van der Waals surface area contributed by atoms with Crippen molar-refractivity contribution in [1.82, 2.24) is 20.7 Å². The highest BCUT2D eigenvalue weighted by Gasteiger charge is 2.27. The van der Waals surface area contributed by atoms with Crippen LogP contribution in [0.4, 0.5) is 5.69 Å². The van der Waals surface area contributed by atoms with Crippen LogP contribution in [0.1, 0.15) is 11.1 Å².